The predicted octanol–water partition coefficient (Wildman–Crippen LogP) is 4.04. The first kappa shape index (κ1) is 10.6. The molecule has 1 aromatic carbocycles. The molecule has 0 radical (unpaired) electrons. The molecule has 0 amide bonds. The maximum atomic E-state index is 13.6. The summed E-state index contributed by atoms with van der Waals surface area (Å²) in [6.45, 7) is 0. The standard InChI is InChI=1S/C10H6BrF2NS/c11-7-4-15-3-6(7)5-1-2-8(12)10(14)9(5)13/h1-4H,14H2. The lowest BCUT2D eigenvalue weighted by Crippen LogP contribution is -1.97. The van der Waals surface area contributed by atoms with Crippen molar-refractivity contribution in [1.82, 2.24) is 0 Å². The molecule has 1 aromatic heterocycles. The van der Waals surface area contributed by atoms with Gasteiger partial charge < -0.3 is 5.73 Å². The Bertz CT molecular complexity index is 510. The van der Waals surface area contributed by atoms with Crippen LogP contribution in [-0.4, -0.2) is 0 Å². The van der Waals surface area contributed by atoms with Gasteiger partial charge in [0.2, 0.25) is 0 Å². The molecule has 2 N–H and O–H groups in total. The first-order chi connectivity index (χ1) is 7.11. The minimum atomic E-state index is -0.734. The first-order valence-corrected chi connectivity index (χ1v) is 5.80. The molecule has 0 aliphatic rings. The number of hydrogen-bond donors (Lipinski definition) is 1. The van der Waals surface area contributed by atoms with Crippen molar-refractivity contribution in [3.8, 4) is 11.1 Å². The molecular formula is C10H6BrF2NS. The summed E-state index contributed by atoms with van der Waals surface area (Å²) in [5.74, 6) is -1.45. The van der Waals surface area contributed by atoms with Gasteiger partial charge in [-0.1, -0.05) is 0 Å². The molecular weight excluding hydrogens is 284 g/mol. The van der Waals surface area contributed by atoms with Gasteiger partial charge in [0.05, 0.1) is 0 Å². The van der Waals surface area contributed by atoms with E-state index < -0.39 is 17.3 Å². The highest BCUT2D eigenvalue weighted by Gasteiger charge is 2.14. The van der Waals surface area contributed by atoms with Crippen LogP contribution in [0.5, 0.6) is 0 Å². The second-order valence-electron chi connectivity index (χ2n) is 2.96. The van der Waals surface area contributed by atoms with E-state index in [1.54, 1.807) is 5.38 Å². The number of rotatable bonds is 1. The van der Waals surface area contributed by atoms with Crippen LogP contribution >= 0.6 is 27.3 Å². The van der Waals surface area contributed by atoms with E-state index in [2.05, 4.69) is 15.9 Å². The van der Waals surface area contributed by atoms with E-state index in [0.717, 1.165) is 10.5 Å². The predicted molar refractivity (Wildman–Crippen MR) is 61.8 cm³/mol. The Kier molecular flexibility index (Phi) is 2.75. The fourth-order valence-electron chi connectivity index (χ4n) is 1.25. The highest BCUT2D eigenvalue weighted by Crippen LogP contribution is 2.35. The fraction of sp³-hybridized carbons (Fsp3) is 0. The van der Waals surface area contributed by atoms with E-state index in [1.807, 2.05) is 5.38 Å². The third-order valence-corrected chi connectivity index (χ3v) is 3.73. The van der Waals surface area contributed by atoms with Crippen molar-refractivity contribution in [2.75, 3.05) is 5.73 Å². The maximum absolute atomic E-state index is 13.6. The second kappa shape index (κ2) is 3.90. The van der Waals surface area contributed by atoms with Crippen LogP contribution in [0.25, 0.3) is 11.1 Å². The van der Waals surface area contributed by atoms with Gasteiger partial charge in [0, 0.05) is 21.0 Å². The van der Waals surface area contributed by atoms with Gasteiger partial charge in [0.25, 0.3) is 0 Å². The number of nitrogen functional groups attached to an aromatic ring is 1. The lowest BCUT2D eigenvalue weighted by molar-refractivity contribution is 0.594. The molecule has 0 aliphatic heterocycles. The Balaban J connectivity index is 2.65. The molecule has 0 atom stereocenters. The molecule has 2 aromatic rings. The van der Waals surface area contributed by atoms with Gasteiger partial charge >= 0.3 is 0 Å². The van der Waals surface area contributed by atoms with Crippen LogP contribution < -0.4 is 5.73 Å². The number of hydrogen-bond acceptors (Lipinski definition) is 2. The van der Waals surface area contributed by atoms with Gasteiger partial charge in [-0.2, -0.15) is 11.3 Å². The molecule has 0 unspecified atom stereocenters. The summed E-state index contributed by atoms with van der Waals surface area (Å²) in [4.78, 5) is 0. The Morgan fingerprint density at radius 2 is 1.87 bits per heavy atom. The summed E-state index contributed by atoms with van der Waals surface area (Å²) in [6, 6.07) is 2.55. The van der Waals surface area contributed by atoms with E-state index in [4.69, 9.17) is 5.73 Å². The van der Waals surface area contributed by atoms with E-state index in [-0.39, 0.29) is 0 Å². The molecule has 1 heterocycles. The molecule has 0 fully saturated rings. The van der Waals surface area contributed by atoms with Crippen LogP contribution in [0.1, 0.15) is 0 Å². The van der Waals surface area contributed by atoms with E-state index in [9.17, 15) is 8.78 Å². The number of thiophene rings is 1. The molecule has 0 saturated carbocycles. The van der Waals surface area contributed by atoms with Crippen molar-refractivity contribution in [2.24, 2.45) is 0 Å². The summed E-state index contributed by atoms with van der Waals surface area (Å²) in [5.41, 5.74) is 5.83. The van der Waals surface area contributed by atoms with E-state index in [1.165, 1.54) is 17.4 Å². The lowest BCUT2D eigenvalue weighted by atomic mass is 10.1. The van der Waals surface area contributed by atoms with Crippen LogP contribution in [0, 0.1) is 11.6 Å². The van der Waals surface area contributed by atoms with Crippen LogP contribution in [0.4, 0.5) is 14.5 Å². The Morgan fingerprint density at radius 1 is 1.13 bits per heavy atom. The Labute approximate surface area is 97.7 Å². The molecule has 0 bridgehead atoms. The quantitative estimate of drug-likeness (QED) is 0.788. The lowest BCUT2D eigenvalue weighted by Gasteiger charge is -2.05. The van der Waals surface area contributed by atoms with Crippen LogP contribution in [0.3, 0.4) is 0 Å². The normalized spacial score (nSPS) is 10.6. The molecule has 2 rings (SSSR count). The molecule has 0 aliphatic carbocycles. The summed E-state index contributed by atoms with van der Waals surface area (Å²) >= 11 is 4.72. The SMILES string of the molecule is Nc1c(F)ccc(-c2cscc2Br)c1F. The number of anilines is 1. The van der Waals surface area contributed by atoms with Crippen molar-refractivity contribution >= 4 is 33.0 Å². The molecule has 0 saturated heterocycles. The Hall–Kier alpha value is -0.940. The monoisotopic (exact) mass is 289 g/mol. The van der Waals surface area contributed by atoms with E-state index >= 15 is 0 Å². The van der Waals surface area contributed by atoms with Gasteiger partial charge in [0.1, 0.15) is 11.5 Å². The number of halogens is 3. The molecule has 78 valence electrons. The summed E-state index contributed by atoms with van der Waals surface area (Å²) in [7, 11) is 0. The van der Waals surface area contributed by atoms with Crippen LogP contribution in [0.2, 0.25) is 0 Å². The first-order valence-electron chi connectivity index (χ1n) is 4.07. The zero-order chi connectivity index (χ0) is 11.0. The third kappa shape index (κ3) is 1.77. The number of benzene rings is 1. The topological polar surface area (TPSA) is 26.0 Å². The highest BCUT2D eigenvalue weighted by molar-refractivity contribution is 9.10. The van der Waals surface area contributed by atoms with Crippen molar-refractivity contribution < 1.29 is 8.78 Å². The highest BCUT2D eigenvalue weighted by atomic mass is 79.9. The zero-order valence-electron chi connectivity index (χ0n) is 7.43. The van der Waals surface area contributed by atoms with Gasteiger partial charge in [0.15, 0.2) is 5.82 Å². The fourth-order valence-corrected chi connectivity index (χ4v) is 2.76. The van der Waals surface area contributed by atoms with Crippen molar-refractivity contribution in [3.63, 3.8) is 0 Å². The van der Waals surface area contributed by atoms with Gasteiger partial charge in [-0.25, -0.2) is 8.78 Å². The van der Waals surface area contributed by atoms with Crippen LogP contribution in [0.15, 0.2) is 27.4 Å². The van der Waals surface area contributed by atoms with Gasteiger partial charge in [-0.3, -0.25) is 0 Å². The second-order valence-corrected chi connectivity index (χ2v) is 4.55. The molecule has 15 heavy (non-hydrogen) atoms. The average molecular weight is 290 g/mol. The number of nitrogens with two attached hydrogens (primary N) is 1. The smallest absolute Gasteiger partial charge is 0.156 e. The van der Waals surface area contributed by atoms with Crippen molar-refractivity contribution in [2.45, 2.75) is 0 Å². The summed E-state index contributed by atoms with van der Waals surface area (Å²) < 4.78 is 27.3. The largest absolute Gasteiger partial charge is 0.394 e. The molecule has 5 heteroatoms. The minimum Gasteiger partial charge on any atom is -0.394 e. The van der Waals surface area contributed by atoms with Gasteiger partial charge in [-0.05, 0) is 33.4 Å². The molecule has 1 nitrogen and oxygen atoms in total. The van der Waals surface area contributed by atoms with Crippen LogP contribution in [-0.2, 0) is 0 Å². The third-order valence-electron chi connectivity index (χ3n) is 2.03. The maximum Gasteiger partial charge on any atom is 0.156 e. The summed E-state index contributed by atoms with van der Waals surface area (Å²) in [5, 5.41) is 3.61. The summed E-state index contributed by atoms with van der Waals surface area (Å²) in [6.07, 6.45) is 0. The van der Waals surface area contributed by atoms with E-state index in [0.29, 0.717) is 11.1 Å². The van der Waals surface area contributed by atoms with Gasteiger partial charge in [-0.15, -0.1) is 0 Å². The van der Waals surface area contributed by atoms with Crippen molar-refractivity contribution in [3.05, 3.63) is 39.0 Å². The zero-order valence-corrected chi connectivity index (χ0v) is 9.83. The van der Waals surface area contributed by atoms with Crippen molar-refractivity contribution in [1.29, 1.82) is 0 Å². The molecule has 0 spiro atoms. The Morgan fingerprint density at radius 3 is 2.47 bits per heavy atom. The minimum absolute atomic E-state index is 0.307. The average Bonchev–Trinajstić information content (AvgIpc) is 2.62.